The molecule has 0 spiro atoms. The Labute approximate surface area is 189 Å². The third-order valence-electron chi connectivity index (χ3n) is 4.94. The molecule has 1 aromatic carbocycles. The molecule has 0 aliphatic rings. The third-order valence-corrected chi connectivity index (χ3v) is 4.94. The van der Waals surface area contributed by atoms with Crippen LogP contribution in [0.1, 0.15) is 74.7 Å². The van der Waals surface area contributed by atoms with Crippen molar-refractivity contribution in [1.29, 1.82) is 0 Å². The number of carbonyl (C=O) groups is 4. The van der Waals surface area contributed by atoms with Gasteiger partial charge in [-0.2, -0.15) is 0 Å². The Balaban J connectivity index is 2.95. The second-order valence-electron chi connectivity index (χ2n) is 7.49. The summed E-state index contributed by atoms with van der Waals surface area (Å²) in [6, 6.07) is 6.17. The van der Waals surface area contributed by atoms with E-state index in [1.807, 2.05) is 0 Å². The average Bonchev–Trinajstić information content (AvgIpc) is 2.80. The number of nitrogens with zero attached hydrogens (tertiary/aromatic N) is 1. The minimum Gasteiger partial charge on any atom is -0.478 e. The highest BCUT2D eigenvalue weighted by atomic mass is 16.5. The lowest BCUT2D eigenvalue weighted by Gasteiger charge is -2.22. The van der Waals surface area contributed by atoms with Crippen LogP contribution in [0.5, 0.6) is 0 Å². The zero-order valence-electron chi connectivity index (χ0n) is 19.2. The standard InChI is InChI=1S/C25H33NO6/c1-4-6-7-8-9-10-22(27)16-15-21(25(31)32-3)18-26(23(28)5-2)17-19-11-13-20(14-12-19)24(29)30/h11-14,16H,4-10,17-18H2,1-3H3,(H,29,30). The zero-order chi connectivity index (χ0) is 23.9. The molecule has 0 unspecified atom stereocenters. The first-order valence-electron chi connectivity index (χ1n) is 11.0. The van der Waals surface area contributed by atoms with E-state index in [1.54, 1.807) is 19.1 Å². The molecule has 0 fully saturated rings. The first-order chi connectivity index (χ1) is 15.3. The quantitative estimate of drug-likeness (QED) is 0.199. The summed E-state index contributed by atoms with van der Waals surface area (Å²) >= 11 is 0. The number of carboxylic acid groups (broad SMARTS) is 1. The maximum absolute atomic E-state index is 12.5. The van der Waals surface area contributed by atoms with Crippen LogP contribution in [-0.2, 0) is 25.7 Å². The largest absolute Gasteiger partial charge is 0.478 e. The van der Waals surface area contributed by atoms with E-state index < -0.39 is 11.9 Å². The van der Waals surface area contributed by atoms with E-state index in [1.165, 1.54) is 30.2 Å². The molecule has 1 N–H and O–H groups in total. The van der Waals surface area contributed by atoms with Crippen LogP contribution in [-0.4, -0.2) is 47.3 Å². The van der Waals surface area contributed by atoms with Crippen molar-refractivity contribution >= 4 is 23.6 Å². The number of benzene rings is 1. The van der Waals surface area contributed by atoms with Crippen LogP contribution in [0.3, 0.4) is 0 Å². The Morgan fingerprint density at radius 2 is 1.69 bits per heavy atom. The van der Waals surface area contributed by atoms with Crippen molar-refractivity contribution in [3.63, 3.8) is 0 Å². The molecule has 0 saturated carbocycles. The number of hydrogen-bond donors (Lipinski definition) is 1. The molecule has 0 saturated heterocycles. The van der Waals surface area contributed by atoms with E-state index in [-0.39, 0.29) is 42.3 Å². The second-order valence-corrected chi connectivity index (χ2v) is 7.49. The van der Waals surface area contributed by atoms with E-state index in [9.17, 15) is 19.2 Å². The van der Waals surface area contributed by atoms with Crippen molar-refractivity contribution in [3.05, 3.63) is 52.8 Å². The van der Waals surface area contributed by atoms with E-state index in [0.29, 0.717) is 12.0 Å². The van der Waals surface area contributed by atoms with Gasteiger partial charge in [0.05, 0.1) is 24.8 Å². The molecule has 0 bridgehead atoms. The molecule has 0 radical (unpaired) electrons. The van der Waals surface area contributed by atoms with Gasteiger partial charge in [-0.1, -0.05) is 51.7 Å². The molecule has 1 aromatic rings. The number of ether oxygens (including phenoxy) is 1. The summed E-state index contributed by atoms with van der Waals surface area (Å²) in [5, 5.41) is 9.03. The Morgan fingerprint density at radius 3 is 2.25 bits per heavy atom. The van der Waals surface area contributed by atoms with Crippen molar-refractivity contribution in [3.8, 4) is 0 Å². The first-order valence-corrected chi connectivity index (χ1v) is 11.0. The van der Waals surface area contributed by atoms with Crippen LogP contribution >= 0.6 is 0 Å². The van der Waals surface area contributed by atoms with Gasteiger partial charge in [0.25, 0.3) is 0 Å². The van der Waals surface area contributed by atoms with Gasteiger partial charge < -0.3 is 14.7 Å². The summed E-state index contributed by atoms with van der Waals surface area (Å²) < 4.78 is 4.80. The number of esters is 1. The lowest BCUT2D eigenvalue weighted by Crippen LogP contribution is -2.33. The lowest BCUT2D eigenvalue weighted by atomic mass is 10.1. The molecule has 0 aliphatic heterocycles. The number of rotatable bonds is 14. The van der Waals surface area contributed by atoms with Gasteiger partial charge in [-0.3, -0.25) is 9.59 Å². The van der Waals surface area contributed by atoms with Crippen LogP contribution in [0, 0.1) is 0 Å². The smallest absolute Gasteiger partial charge is 0.343 e. The number of methoxy groups -OCH3 is 1. The number of carboxylic acids is 1. The van der Waals surface area contributed by atoms with Gasteiger partial charge in [-0.05, 0) is 24.1 Å². The van der Waals surface area contributed by atoms with Gasteiger partial charge in [0.1, 0.15) is 0 Å². The second kappa shape index (κ2) is 14.8. The van der Waals surface area contributed by atoms with Crippen LogP contribution < -0.4 is 0 Å². The van der Waals surface area contributed by atoms with Gasteiger partial charge in [-0.25, -0.2) is 9.59 Å². The number of amides is 1. The maximum Gasteiger partial charge on any atom is 0.343 e. The van der Waals surface area contributed by atoms with Crippen molar-refractivity contribution in [2.24, 2.45) is 0 Å². The lowest BCUT2D eigenvalue weighted by molar-refractivity contribution is -0.137. The summed E-state index contributed by atoms with van der Waals surface area (Å²) in [6.07, 6.45) is 7.02. The Kier molecular flexibility index (Phi) is 12.4. The molecule has 0 aromatic heterocycles. The summed E-state index contributed by atoms with van der Waals surface area (Å²) in [5.41, 5.74) is 3.68. The van der Waals surface area contributed by atoms with Crippen LogP contribution in [0.2, 0.25) is 0 Å². The Bertz CT molecular complexity index is 850. The van der Waals surface area contributed by atoms with Gasteiger partial charge in [-0.15, -0.1) is 5.73 Å². The topological polar surface area (TPSA) is 101 Å². The molecular formula is C25H33NO6. The highest BCUT2D eigenvalue weighted by Crippen LogP contribution is 2.12. The predicted molar refractivity (Wildman–Crippen MR) is 121 cm³/mol. The molecule has 7 heteroatoms. The van der Waals surface area contributed by atoms with Crippen LogP contribution in [0.15, 0.2) is 41.6 Å². The minimum absolute atomic E-state index is 0.0691. The van der Waals surface area contributed by atoms with Gasteiger partial charge in [0.2, 0.25) is 5.91 Å². The highest BCUT2D eigenvalue weighted by Gasteiger charge is 2.19. The van der Waals surface area contributed by atoms with E-state index in [2.05, 4.69) is 12.7 Å². The molecule has 0 heterocycles. The van der Waals surface area contributed by atoms with Crippen molar-refractivity contribution in [2.45, 2.75) is 65.3 Å². The molecule has 1 rings (SSSR count). The zero-order valence-corrected chi connectivity index (χ0v) is 19.2. The van der Waals surface area contributed by atoms with Crippen LogP contribution in [0.4, 0.5) is 0 Å². The number of hydrogen-bond acceptors (Lipinski definition) is 5. The SMILES string of the molecule is CCCCCCCC(=O)C=C=C(CN(Cc1ccc(C(=O)O)cc1)C(=O)CC)C(=O)OC. The van der Waals surface area contributed by atoms with E-state index in [0.717, 1.165) is 32.1 Å². The number of unbranched alkanes of at least 4 members (excludes halogenated alkanes) is 4. The highest BCUT2D eigenvalue weighted by molar-refractivity contribution is 5.93. The fourth-order valence-electron chi connectivity index (χ4n) is 3.05. The molecule has 0 atom stereocenters. The molecule has 32 heavy (non-hydrogen) atoms. The number of aromatic carboxylic acids is 1. The van der Waals surface area contributed by atoms with Crippen molar-refractivity contribution in [1.82, 2.24) is 4.90 Å². The summed E-state index contributed by atoms with van der Waals surface area (Å²) in [4.78, 5) is 49.3. The van der Waals surface area contributed by atoms with E-state index >= 15 is 0 Å². The van der Waals surface area contributed by atoms with Crippen molar-refractivity contribution < 1.29 is 29.0 Å². The maximum atomic E-state index is 12.5. The first kappa shape index (κ1) is 26.9. The van der Waals surface area contributed by atoms with Gasteiger partial charge in [0.15, 0.2) is 5.78 Å². The third kappa shape index (κ3) is 9.75. The summed E-state index contributed by atoms with van der Waals surface area (Å²) in [5.74, 6) is -2.01. The average molecular weight is 444 g/mol. The minimum atomic E-state index is -1.03. The van der Waals surface area contributed by atoms with Crippen molar-refractivity contribution in [2.75, 3.05) is 13.7 Å². The Morgan fingerprint density at radius 1 is 1.03 bits per heavy atom. The summed E-state index contributed by atoms with van der Waals surface area (Å²) in [7, 11) is 1.23. The van der Waals surface area contributed by atoms with E-state index in [4.69, 9.17) is 9.84 Å². The van der Waals surface area contributed by atoms with Gasteiger partial charge in [0, 0.05) is 25.5 Å². The summed E-state index contributed by atoms with van der Waals surface area (Å²) in [6.45, 7) is 3.95. The molecule has 1 amide bonds. The molecule has 7 nitrogen and oxygen atoms in total. The molecule has 0 aliphatic carbocycles. The Hall–Kier alpha value is -3.18. The monoisotopic (exact) mass is 443 g/mol. The normalized spacial score (nSPS) is 10.1. The predicted octanol–water partition coefficient (Wildman–Crippen LogP) is 4.31. The number of ketones is 1. The fourth-order valence-corrected chi connectivity index (χ4v) is 3.05. The van der Waals surface area contributed by atoms with Crippen LogP contribution in [0.25, 0.3) is 0 Å². The number of carbonyl (C=O) groups excluding carboxylic acids is 3. The van der Waals surface area contributed by atoms with Gasteiger partial charge >= 0.3 is 11.9 Å². The molecule has 174 valence electrons. The molecular weight excluding hydrogens is 410 g/mol. The fraction of sp³-hybridized carbons (Fsp3) is 0.480.